The number of nitrogens with zero attached hydrogens (tertiary/aromatic N) is 3. The highest BCUT2D eigenvalue weighted by Gasteiger charge is 2.09. The molecule has 2 aromatic rings. The van der Waals surface area contributed by atoms with E-state index < -0.39 is 4.92 Å². The van der Waals surface area contributed by atoms with E-state index in [-0.39, 0.29) is 11.6 Å². The van der Waals surface area contributed by atoms with Crippen molar-refractivity contribution < 1.29 is 9.72 Å². The number of carbonyl (C=O) groups excluding carboxylic acids is 1. The Bertz CT molecular complexity index is 666. The third-order valence-electron chi connectivity index (χ3n) is 2.80. The minimum atomic E-state index is -0.466. The number of hydrogen-bond donors (Lipinski definition) is 0. The SMILES string of the molecule is CN(/N=C\c1ccc([N+](=O)[O-])cc1)C(=O)c1ccccc1. The molecule has 0 spiro atoms. The Morgan fingerprint density at radius 2 is 1.76 bits per heavy atom. The summed E-state index contributed by atoms with van der Waals surface area (Å²) in [4.78, 5) is 22.1. The van der Waals surface area contributed by atoms with Crippen LogP contribution in [0.4, 0.5) is 5.69 Å². The number of nitro groups is 1. The first-order valence-corrected chi connectivity index (χ1v) is 6.19. The molecule has 2 rings (SSSR count). The molecule has 0 N–H and O–H groups in total. The van der Waals surface area contributed by atoms with Gasteiger partial charge in [0.15, 0.2) is 0 Å². The summed E-state index contributed by atoms with van der Waals surface area (Å²) < 4.78 is 0. The van der Waals surface area contributed by atoms with Gasteiger partial charge in [0.25, 0.3) is 11.6 Å². The van der Waals surface area contributed by atoms with Gasteiger partial charge in [-0.05, 0) is 29.8 Å². The van der Waals surface area contributed by atoms with Crippen molar-refractivity contribution in [2.24, 2.45) is 5.10 Å². The third-order valence-corrected chi connectivity index (χ3v) is 2.80. The molecule has 0 unspecified atom stereocenters. The lowest BCUT2D eigenvalue weighted by Gasteiger charge is -2.10. The van der Waals surface area contributed by atoms with Gasteiger partial charge >= 0.3 is 0 Å². The second-order valence-electron chi connectivity index (χ2n) is 4.29. The minimum absolute atomic E-state index is 0.0147. The molecule has 0 saturated carbocycles. The van der Waals surface area contributed by atoms with Crippen molar-refractivity contribution in [2.45, 2.75) is 0 Å². The standard InChI is InChI=1S/C15H13N3O3/c1-17(15(19)13-5-3-2-4-6-13)16-11-12-7-9-14(10-8-12)18(20)21/h2-11H,1H3/b16-11-. The molecule has 106 valence electrons. The van der Waals surface area contributed by atoms with Crippen molar-refractivity contribution >= 4 is 17.8 Å². The van der Waals surface area contributed by atoms with E-state index in [1.165, 1.54) is 23.4 Å². The van der Waals surface area contributed by atoms with Crippen molar-refractivity contribution in [3.8, 4) is 0 Å². The van der Waals surface area contributed by atoms with E-state index in [4.69, 9.17) is 0 Å². The smallest absolute Gasteiger partial charge is 0.267 e. The molecule has 0 atom stereocenters. The van der Waals surface area contributed by atoms with Crippen molar-refractivity contribution in [3.63, 3.8) is 0 Å². The van der Waals surface area contributed by atoms with E-state index in [0.717, 1.165) is 0 Å². The van der Waals surface area contributed by atoms with Crippen LogP contribution in [0.1, 0.15) is 15.9 Å². The summed E-state index contributed by atoms with van der Waals surface area (Å²) in [5.74, 6) is -0.228. The number of benzene rings is 2. The van der Waals surface area contributed by atoms with E-state index in [0.29, 0.717) is 11.1 Å². The zero-order valence-corrected chi connectivity index (χ0v) is 11.3. The third kappa shape index (κ3) is 3.73. The van der Waals surface area contributed by atoms with Crippen LogP contribution in [0, 0.1) is 10.1 Å². The molecule has 0 bridgehead atoms. The van der Waals surface area contributed by atoms with Gasteiger partial charge in [-0.3, -0.25) is 14.9 Å². The number of hydrazone groups is 1. The molecule has 21 heavy (non-hydrogen) atoms. The van der Waals surface area contributed by atoms with Crippen LogP contribution in [-0.2, 0) is 0 Å². The van der Waals surface area contributed by atoms with Crippen LogP contribution in [0.25, 0.3) is 0 Å². The van der Waals surface area contributed by atoms with Gasteiger partial charge in [-0.2, -0.15) is 5.10 Å². The fourth-order valence-electron chi connectivity index (χ4n) is 1.66. The second-order valence-corrected chi connectivity index (χ2v) is 4.29. The van der Waals surface area contributed by atoms with Crippen molar-refractivity contribution in [1.82, 2.24) is 5.01 Å². The molecule has 0 aliphatic rings. The van der Waals surface area contributed by atoms with Gasteiger partial charge in [0.2, 0.25) is 0 Å². The molecular weight excluding hydrogens is 270 g/mol. The largest absolute Gasteiger partial charge is 0.273 e. The predicted molar refractivity (Wildman–Crippen MR) is 79.2 cm³/mol. The van der Waals surface area contributed by atoms with Gasteiger partial charge in [-0.1, -0.05) is 18.2 Å². The number of non-ortho nitro benzene ring substituents is 1. The van der Waals surface area contributed by atoms with E-state index in [1.807, 2.05) is 6.07 Å². The van der Waals surface area contributed by atoms with Crippen LogP contribution in [0.5, 0.6) is 0 Å². The van der Waals surface area contributed by atoms with Crippen LogP contribution in [-0.4, -0.2) is 29.1 Å². The van der Waals surface area contributed by atoms with E-state index in [9.17, 15) is 14.9 Å². The summed E-state index contributed by atoms with van der Waals surface area (Å²) in [5, 5.41) is 15.8. The molecule has 0 saturated heterocycles. The molecule has 0 radical (unpaired) electrons. The Morgan fingerprint density at radius 3 is 2.33 bits per heavy atom. The lowest BCUT2D eigenvalue weighted by atomic mass is 10.2. The molecule has 0 aliphatic carbocycles. The van der Waals surface area contributed by atoms with E-state index >= 15 is 0 Å². The van der Waals surface area contributed by atoms with Crippen LogP contribution < -0.4 is 0 Å². The van der Waals surface area contributed by atoms with Gasteiger partial charge < -0.3 is 0 Å². The lowest BCUT2D eigenvalue weighted by Crippen LogP contribution is -2.21. The summed E-state index contributed by atoms with van der Waals surface area (Å²) >= 11 is 0. The second kappa shape index (κ2) is 6.42. The van der Waals surface area contributed by atoms with Crippen LogP contribution >= 0.6 is 0 Å². The molecule has 0 fully saturated rings. The van der Waals surface area contributed by atoms with Crippen molar-refractivity contribution in [3.05, 3.63) is 75.8 Å². The summed E-state index contributed by atoms with van der Waals surface area (Å²) in [5.41, 5.74) is 1.23. The Kier molecular flexibility index (Phi) is 4.40. The first-order chi connectivity index (χ1) is 10.1. The summed E-state index contributed by atoms with van der Waals surface area (Å²) in [7, 11) is 1.55. The Morgan fingerprint density at radius 1 is 1.14 bits per heavy atom. The molecule has 6 nitrogen and oxygen atoms in total. The fourth-order valence-corrected chi connectivity index (χ4v) is 1.66. The number of rotatable bonds is 4. The summed E-state index contributed by atoms with van der Waals surface area (Å²) in [6, 6.07) is 14.7. The fraction of sp³-hybridized carbons (Fsp3) is 0.0667. The monoisotopic (exact) mass is 283 g/mol. The molecule has 6 heteroatoms. The van der Waals surface area contributed by atoms with Gasteiger partial charge in [-0.25, -0.2) is 5.01 Å². The van der Waals surface area contributed by atoms with Crippen molar-refractivity contribution in [1.29, 1.82) is 0 Å². The highest BCUT2D eigenvalue weighted by atomic mass is 16.6. The Balaban J connectivity index is 2.06. The first-order valence-electron chi connectivity index (χ1n) is 6.19. The zero-order chi connectivity index (χ0) is 15.2. The summed E-state index contributed by atoms with van der Waals surface area (Å²) in [6.07, 6.45) is 1.48. The van der Waals surface area contributed by atoms with Crippen LogP contribution in [0.2, 0.25) is 0 Å². The van der Waals surface area contributed by atoms with E-state index in [2.05, 4.69) is 5.10 Å². The number of carbonyl (C=O) groups is 1. The maximum absolute atomic E-state index is 12.0. The average molecular weight is 283 g/mol. The van der Waals surface area contributed by atoms with E-state index in [1.54, 1.807) is 43.4 Å². The number of nitro benzene ring substituents is 1. The molecule has 1 amide bonds. The minimum Gasteiger partial charge on any atom is -0.267 e. The quantitative estimate of drug-likeness (QED) is 0.492. The Hall–Kier alpha value is -3.02. The van der Waals surface area contributed by atoms with Crippen LogP contribution in [0.3, 0.4) is 0 Å². The molecule has 2 aromatic carbocycles. The molecule has 0 heterocycles. The molecule has 0 aromatic heterocycles. The maximum atomic E-state index is 12.0. The normalized spacial score (nSPS) is 10.5. The topological polar surface area (TPSA) is 75.8 Å². The highest BCUT2D eigenvalue weighted by molar-refractivity contribution is 5.94. The summed E-state index contributed by atoms with van der Waals surface area (Å²) in [6.45, 7) is 0. The number of amides is 1. The van der Waals surface area contributed by atoms with Crippen LogP contribution in [0.15, 0.2) is 59.7 Å². The predicted octanol–water partition coefficient (Wildman–Crippen LogP) is 2.70. The van der Waals surface area contributed by atoms with Crippen molar-refractivity contribution in [2.75, 3.05) is 7.05 Å². The van der Waals surface area contributed by atoms with Gasteiger partial charge in [0.1, 0.15) is 0 Å². The highest BCUT2D eigenvalue weighted by Crippen LogP contribution is 2.11. The molecule has 0 aliphatic heterocycles. The average Bonchev–Trinajstić information content (AvgIpc) is 2.53. The van der Waals surface area contributed by atoms with Gasteiger partial charge in [-0.15, -0.1) is 0 Å². The zero-order valence-electron chi connectivity index (χ0n) is 11.3. The van der Waals surface area contributed by atoms with Gasteiger partial charge in [0, 0.05) is 24.7 Å². The number of hydrogen-bond acceptors (Lipinski definition) is 4. The van der Waals surface area contributed by atoms with Gasteiger partial charge in [0.05, 0.1) is 11.1 Å². The lowest BCUT2D eigenvalue weighted by molar-refractivity contribution is -0.384. The Labute approximate surface area is 121 Å². The first kappa shape index (κ1) is 14.4. The maximum Gasteiger partial charge on any atom is 0.273 e. The molecular formula is C15H13N3O3.